The average Bonchev–Trinajstić information content (AvgIpc) is 2.71. The Morgan fingerprint density at radius 1 is 1.24 bits per heavy atom. The third kappa shape index (κ3) is 4.35. The van der Waals surface area contributed by atoms with E-state index in [1.54, 1.807) is 14.2 Å². The van der Waals surface area contributed by atoms with Gasteiger partial charge in [0.2, 0.25) is 0 Å². The van der Waals surface area contributed by atoms with Crippen LogP contribution in [-0.2, 0) is 0 Å². The predicted octanol–water partition coefficient (Wildman–Crippen LogP) is 2.83. The Balaban J connectivity index is 2.06. The summed E-state index contributed by atoms with van der Waals surface area (Å²) in [4.78, 5) is 2.48. The fraction of sp³-hybridized carbons (Fsp3) is 0.647. The smallest absolute Gasteiger partial charge is 0.123 e. The normalized spacial score (nSPS) is 21.6. The molecule has 2 atom stereocenters. The third-order valence-corrected chi connectivity index (χ3v) is 4.40. The van der Waals surface area contributed by atoms with Gasteiger partial charge in [0.15, 0.2) is 0 Å². The molecule has 2 rings (SSSR count). The van der Waals surface area contributed by atoms with Gasteiger partial charge in [-0.25, -0.2) is 0 Å². The van der Waals surface area contributed by atoms with Gasteiger partial charge in [0.1, 0.15) is 11.5 Å². The van der Waals surface area contributed by atoms with E-state index in [0.29, 0.717) is 0 Å². The molecule has 2 unspecified atom stereocenters. The van der Waals surface area contributed by atoms with Gasteiger partial charge in [-0.2, -0.15) is 0 Å². The summed E-state index contributed by atoms with van der Waals surface area (Å²) in [6.07, 6.45) is 3.86. The molecule has 0 bridgehead atoms. The second kappa shape index (κ2) is 7.66. The number of nitrogens with zero attached hydrogens (tertiary/aromatic N) is 1. The Morgan fingerprint density at radius 3 is 2.76 bits per heavy atom. The maximum Gasteiger partial charge on any atom is 0.123 e. The summed E-state index contributed by atoms with van der Waals surface area (Å²) in [7, 11) is 3.36. The monoisotopic (exact) mass is 292 g/mol. The molecule has 4 heteroatoms. The van der Waals surface area contributed by atoms with Crippen LogP contribution >= 0.6 is 0 Å². The summed E-state index contributed by atoms with van der Waals surface area (Å²) in [6.45, 7) is 5.50. The van der Waals surface area contributed by atoms with Crippen LogP contribution in [0.3, 0.4) is 0 Å². The molecular weight excluding hydrogens is 264 g/mol. The van der Waals surface area contributed by atoms with Crippen LogP contribution in [0.5, 0.6) is 11.5 Å². The van der Waals surface area contributed by atoms with Crippen LogP contribution < -0.4 is 15.2 Å². The van der Waals surface area contributed by atoms with E-state index in [4.69, 9.17) is 15.2 Å². The lowest BCUT2D eigenvalue weighted by atomic mass is 10.0. The molecule has 1 saturated heterocycles. The largest absolute Gasteiger partial charge is 0.497 e. The first-order valence-corrected chi connectivity index (χ1v) is 7.84. The van der Waals surface area contributed by atoms with Gasteiger partial charge in [-0.1, -0.05) is 6.92 Å². The molecule has 2 N–H and O–H groups in total. The van der Waals surface area contributed by atoms with Crippen molar-refractivity contribution in [3.63, 3.8) is 0 Å². The summed E-state index contributed by atoms with van der Waals surface area (Å²) >= 11 is 0. The van der Waals surface area contributed by atoms with Crippen molar-refractivity contribution in [2.75, 3.05) is 33.9 Å². The predicted molar refractivity (Wildman–Crippen MR) is 85.9 cm³/mol. The van der Waals surface area contributed by atoms with Crippen molar-refractivity contribution in [1.29, 1.82) is 0 Å². The van der Waals surface area contributed by atoms with Crippen LogP contribution in [0.25, 0.3) is 0 Å². The maximum absolute atomic E-state index is 6.43. The summed E-state index contributed by atoms with van der Waals surface area (Å²) < 4.78 is 10.7. The van der Waals surface area contributed by atoms with Crippen LogP contribution in [0.4, 0.5) is 0 Å². The van der Waals surface area contributed by atoms with Crippen molar-refractivity contribution < 1.29 is 9.47 Å². The zero-order valence-corrected chi connectivity index (χ0v) is 13.5. The molecular formula is C17H28N2O2. The number of hydrogen-bond donors (Lipinski definition) is 1. The van der Waals surface area contributed by atoms with E-state index < -0.39 is 0 Å². The van der Waals surface area contributed by atoms with Crippen molar-refractivity contribution in [1.82, 2.24) is 4.90 Å². The van der Waals surface area contributed by atoms with E-state index in [9.17, 15) is 0 Å². The highest BCUT2D eigenvalue weighted by Gasteiger charge is 2.19. The first-order chi connectivity index (χ1) is 10.1. The molecule has 1 heterocycles. The minimum absolute atomic E-state index is 0.0524. The minimum atomic E-state index is -0.0524. The lowest BCUT2D eigenvalue weighted by Crippen LogP contribution is -2.33. The topological polar surface area (TPSA) is 47.7 Å². The van der Waals surface area contributed by atoms with E-state index in [0.717, 1.165) is 42.6 Å². The van der Waals surface area contributed by atoms with E-state index >= 15 is 0 Å². The van der Waals surface area contributed by atoms with Crippen LogP contribution in [0.15, 0.2) is 18.2 Å². The number of likely N-dealkylation sites (tertiary alicyclic amines) is 1. The summed E-state index contributed by atoms with van der Waals surface area (Å²) in [5.41, 5.74) is 7.46. The number of rotatable bonds is 5. The van der Waals surface area contributed by atoms with Crippen molar-refractivity contribution in [3.05, 3.63) is 23.8 Å². The molecule has 0 amide bonds. The number of methoxy groups -OCH3 is 2. The molecule has 0 radical (unpaired) electrons. The minimum Gasteiger partial charge on any atom is -0.497 e. The summed E-state index contributed by atoms with van der Waals surface area (Å²) in [5, 5.41) is 0. The van der Waals surface area contributed by atoms with Crippen LogP contribution in [-0.4, -0.2) is 38.8 Å². The van der Waals surface area contributed by atoms with Crippen LogP contribution in [0.2, 0.25) is 0 Å². The van der Waals surface area contributed by atoms with Crippen LogP contribution in [0.1, 0.15) is 37.8 Å². The van der Waals surface area contributed by atoms with Gasteiger partial charge in [0.05, 0.1) is 14.2 Å². The molecule has 1 aromatic carbocycles. The molecule has 0 spiro atoms. The van der Waals surface area contributed by atoms with E-state index in [2.05, 4.69) is 11.8 Å². The van der Waals surface area contributed by atoms with Crippen LogP contribution in [0, 0.1) is 5.92 Å². The van der Waals surface area contributed by atoms with E-state index in [1.807, 2.05) is 18.2 Å². The second-order valence-electron chi connectivity index (χ2n) is 6.05. The standard InChI is InChI=1S/C17H28N2O2/c1-13-5-4-9-19(10-8-13)12-16(18)15-11-14(20-2)6-7-17(15)21-3/h6-7,11,13,16H,4-5,8-10,12,18H2,1-3H3. The molecule has 1 aliphatic rings. The molecule has 0 aromatic heterocycles. The summed E-state index contributed by atoms with van der Waals surface area (Å²) in [5.74, 6) is 2.50. The Morgan fingerprint density at radius 2 is 2.05 bits per heavy atom. The van der Waals surface area contributed by atoms with Crippen molar-refractivity contribution in [2.45, 2.75) is 32.2 Å². The Labute approximate surface area is 128 Å². The Bertz CT molecular complexity index is 450. The zero-order valence-electron chi connectivity index (χ0n) is 13.5. The van der Waals surface area contributed by atoms with E-state index in [-0.39, 0.29) is 6.04 Å². The van der Waals surface area contributed by atoms with Gasteiger partial charge in [0, 0.05) is 18.2 Å². The molecule has 1 fully saturated rings. The fourth-order valence-electron chi connectivity index (χ4n) is 3.01. The van der Waals surface area contributed by atoms with Crippen molar-refractivity contribution in [3.8, 4) is 11.5 Å². The number of hydrogen-bond acceptors (Lipinski definition) is 4. The summed E-state index contributed by atoms with van der Waals surface area (Å²) in [6, 6.07) is 5.77. The third-order valence-electron chi connectivity index (χ3n) is 4.40. The maximum atomic E-state index is 6.43. The lowest BCUT2D eigenvalue weighted by molar-refractivity contribution is 0.262. The molecule has 0 saturated carbocycles. The molecule has 1 aromatic rings. The number of benzene rings is 1. The average molecular weight is 292 g/mol. The molecule has 0 aliphatic carbocycles. The van der Waals surface area contributed by atoms with Gasteiger partial charge in [0.25, 0.3) is 0 Å². The van der Waals surface area contributed by atoms with Gasteiger partial charge in [-0.15, -0.1) is 0 Å². The molecule has 118 valence electrons. The van der Waals surface area contributed by atoms with Gasteiger partial charge in [-0.05, 0) is 56.5 Å². The van der Waals surface area contributed by atoms with Gasteiger partial charge in [-0.3, -0.25) is 0 Å². The van der Waals surface area contributed by atoms with Crippen molar-refractivity contribution in [2.24, 2.45) is 11.7 Å². The van der Waals surface area contributed by atoms with Crippen molar-refractivity contribution >= 4 is 0 Å². The SMILES string of the molecule is COc1ccc(OC)c(C(N)CN2CCCC(C)CC2)c1. The zero-order chi connectivity index (χ0) is 15.2. The first-order valence-electron chi connectivity index (χ1n) is 7.84. The second-order valence-corrected chi connectivity index (χ2v) is 6.05. The number of nitrogens with two attached hydrogens (primary N) is 1. The lowest BCUT2D eigenvalue weighted by Gasteiger charge is -2.25. The Kier molecular flexibility index (Phi) is 5.88. The number of ether oxygens (including phenoxy) is 2. The quantitative estimate of drug-likeness (QED) is 0.906. The molecule has 1 aliphatic heterocycles. The Hall–Kier alpha value is -1.26. The fourth-order valence-corrected chi connectivity index (χ4v) is 3.01. The highest BCUT2D eigenvalue weighted by Crippen LogP contribution is 2.29. The molecule has 21 heavy (non-hydrogen) atoms. The van der Waals surface area contributed by atoms with Gasteiger partial charge >= 0.3 is 0 Å². The molecule has 4 nitrogen and oxygen atoms in total. The first kappa shape index (κ1) is 16.1. The highest BCUT2D eigenvalue weighted by molar-refractivity contribution is 5.42. The van der Waals surface area contributed by atoms with E-state index in [1.165, 1.54) is 19.3 Å². The highest BCUT2D eigenvalue weighted by atomic mass is 16.5. The van der Waals surface area contributed by atoms with Gasteiger partial charge < -0.3 is 20.1 Å².